The van der Waals surface area contributed by atoms with Crippen molar-refractivity contribution < 1.29 is 0 Å². The fraction of sp³-hybridized carbons (Fsp3) is 0.625. The Kier molecular flexibility index (Phi) is 4.79. The van der Waals surface area contributed by atoms with Gasteiger partial charge in [0.2, 0.25) is 0 Å². The maximum absolute atomic E-state index is 3.41. The fourth-order valence-corrected chi connectivity index (χ4v) is 2.83. The third-order valence-electron chi connectivity index (χ3n) is 4.24. The second-order valence-electron chi connectivity index (χ2n) is 5.50. The lowest BCUT2D eigenvalue weighted by Gasteiger charge is -2.37. The minimum atomic E-state index is 0.682. The summed E-state index contributed by atoms with van der Waals surface area (Å²) in [5.74, 6) is 0. The number of hydrogen-bond acceptors (Lipinski definition) is 2. The highest BCUT2D eigenvalue weighted by atomic mass is 15.2. The van der Waals surface area contributed by atoms with E-state index in [-0.39, 0.29) is 0 Å². The van der Waals surface area contributed by atoms with Crippen LogP contribution in [0.4, 0.5) is 0 Å². The second-order valence-corrected chi connectivity index (χ2v) is 5.50. The number of likely N-dealkylation sites (tertiary alicyclic amines) is 1. The smallest absolute Gasteiger partial charge is 0.0236 e. The summed E-state index contributed by atoms with van der Waals surface area (Å²) in [7, 11) is 2.08. The molecule has 18 heavy (non-hydrogen) atoms. The standard InChI is InChI=1S/C16H26N2/c1-4-14-5-7-15(8-6-14)12-18-10-9-16(17-3)11-13(18)2/h5-8,13,16-17H,4,9-12H2,1-3H3. The fourth-order valence-electron chi connectivity index (χ4n) is 2.83. The van der Waals surface area contributed by atoms with E-state index in [9.17, 15) is 0 Å². The quantitative estimate of drug-likeness (QED) is 0.879. The van der Waals surface area contributed by atoms with Gasteiger partial charge in [0.05, 0.1) is 0 Å². The second kappa shape index (κ2) is 6.35. The minimum Gasteiger partial charge on any atom is -0.317 e. The van der Waals surface area contributed by atoms with Gasteiger partial charge < -0.3 is 5.32 Å². The predicted octanol–water partition coefficient (Wildman–Crippen LogP) is 2.82. The molecule has 100 valence electrons. The average Bonchev–Trinajstić information content (AvgIpc) is 2.42. The van der Waals surface area contributed by atoms with Crippen molar-refractivity contribution in [1.29, 1.82) is 0 Å². The first kappa shape index (κ1) is 13.6. The van der Waals surface area contributed by atoms with Crippen LogP contribution < -0.4 is 5.32 Å². The van der Waals surface area contributed by atoms with Crippen molar-refractivity contribution in [3.05, 3.63) is 35.4 Å². The van der Waals surface area contributed by atoms with Crippen LogP contribution in [0.2, 0.25) is 0 Å². The summed E-state index contributed by atoms with van der Waals surface area (Å²) in [5.41, 5.74) is 2.88. The van der Waals surface area contributed by atoms with Gasteiger partial charge >= 0.3 is 0 Å². The van der Waals surface area contributed by atoms with Crippen molar-refractivity contribution in [1.82, 2.24) is 10.2 Å². The molecule has 1 heterocycles. The Morgan fingerprint density at radius 3 is 2.44 bits per heavy atom. The highest BCUT2D eigenvalue weighted by Gasteiger charge is 2.24. The van der Waals surface area contributed by atoms with Crippen LogP contribution in [-0.2, 0) is 13.0 Å². The zero-order valence-electron chi connectivity index (χ0n) is 11.9. The van der Waals surface area contributed by atoms with Gasteiger partial charge in [0.25, 0.3) is 0 Å². The van der Waals surface area contributed by atoms with E-state index in [4.69, 9.17) is 0 Å². The summed E-state index contributed by atoms with van der Waals surface area (Å²) in [6.07, 6.45) is 3.67. The summed E-state index contributed by atoms with van der Waals surface area (Å²) in [6.45, 7) is 6.87. The molecule has 2 rings (SSSR count). The van der Waals surface area contributed by atoms with Crippen LogP contribution >= 0.6 is 0 Å². The van der Waals surface area contributed by atoms with E-state index >= 15 is 0 Å². The molecule has 1 fully saturated rings. The summed E-state index contributed by atoms with van der Waals surface area (Å²) in [4.78, 5) is 2.61. The number of piperidine rings is 1. The number of benzene rings is 1. The van der Waals surface area contributed by atoms with Crippen LogP contribution in [0.5, 0.6) is 0 Å². The van der Waals surface area contributed by atoms with Crippen LogP contribution in [0.3, 0.4) is 0 Å². The molecule has 2 nitrogen and oxygen atoms in total. The van der Waals surface area contributed by atoms with Gasteiger partial charge in [-0.05, 0) is 44.4 Å². The van der Waals surface area contributed by atoms with E-state index in [2.05, 4.69) is 55.4 Å². The van der Waals surface area contributed by atoms with E-state index in [1.807, 2.05) is 0 Å². The van der Waals surface area contributed by atoms with Gasteiger partial charge in [-0.25, -0.2) is 0 Å². The van der Waals surface area contributed by atoms with Gasteiger partial charge in [-0.2, -0.15) is 0 Å². The SMILES string of the molecule is CCc1ccc(CN2CCC(NC)CC2C)cc1. The van der Waals surface area contributed by atoms with E-state index in [0.29, 0.717) is 12.1 Å². The van der Waals surface area contributed by atoms with Gasteiger partial charge in [-0.3, -0.25) is 4.90 Å². The highest BCUT2D eigenvalue weighted by molar-refractivity contribution is 5.22. The lowest BCUT2D eigenvalue weighted by atomic mass is 9.97. The Balaban J connectivity index is 1.92. The van der Waals surface area contributed by atoms with Crippen molar-refractivity contribution in [3.8, 4) is 0 Å². The molecular weight excluding hydrogens is 220 g/mol. The zero-order valence-corrected chi connectivity index (χ0v) is 11.9. The number of nitrogens with one attached hydrogen (secondary N) is 1. The molecule has 2 heteroatoms. The molecule has 1 aliphatic heterocycles. The number of nitrogens with zero attached hydrogens (tertiary/aromatic N) is 1. The number of aryl methyl sites for hydroxylation is 1. The molecule has 0 saturated carbocycles. The van der Waals surface area contributed by atoms with E-state index in [0.717, 1.165) is 13.0 Å². The Morgan fingerprint density at radius 2 is 1.89 bits per heavy atom. The topological polar surface area (TPSA) is 15.3 Å². The molecule has 1 aliphatic rings. The Bertz CT molecular complexity index is 358. The predicted molar refractivity (Wildman–Crippen MR) is 77.8 cm³/mol. The van der Waals surface area contributed by atoms with E-state index in [1.54, 1.807) is 0 Å². The molecule has 1 aromatic carbocycles. The van der Waals surface area contributed by atoms with Crippen molar-refractivity contribution in [2.24, 2.45) is 0 Å². The molecule has 0 radical (unpaired) electrons. The van der Waals surface area contributed by atoms with Crippen LogP contribution in [0.15, 0.2) is 24.3 Å². The third kappa shape index (κ3) is 3.33. The van der Waals surface area contributed by atoms with Crippen LogP contribution in [0.1, 0.15) is 37.8 Å². The molecule has 0 amide bonds. The van der Waals surface area contributed by atoms with Gasteiger partial charge in [0.1, 0.15) is 0 Å². The monoisotopic (exact) mass is 246 g/mol. The van der Waals surface area contributed by atoms with Crippen molar-refractivity contribution in [3.63, 3.8) is 0 Å². The molecule has 0 aromatic heterocycles. The molecular formula is C16H26N2. The van der Waals surface area contributed by atoms with E-state index < -0.39 is 0 Å². The van der Waals surface area contributed by atoms with Gasteiger partial charge in [0, 0.05) is 25.2 Å². The first-order valence-corrected chi connectivity index (χ1v) is 7.22. The first-order chi connectivity index (χ1) is 8.72. The normalized spacial score (nSPS) is 25.3. The third-order valence-corrected chi connectivity index (χ3v) is 4.24. The van der Waals surface area contributed by atoms with Gasteiger partial charge in [0.15, 0.2) is 0 Å². The summed E-state index contributed by atoms with van der Waals surface area (Å²) in [5, 5.41) is 3.41. The van der Waals surface area contributed by atoms with Crippen LogP contribution in [-0.4, -0.2) is 30.6 Å². The van der Waals surface area contributed by atoms with Gasteiger partial charge in [-0.15, -0.1) is 0 Å². The number of hydrogen-bond donors (Lipinski definition) is 1. The maximum Gasteiger partial charge on any atom is 0.0236 e. The van der Waals surface area contributed by atoms with Gasteiger partial charge in [-0.1, -0.05) is 31.2 Å². The Labute approximate surface area is 111 Å². The molecule has 0 bridgehead atoms. The average molecular weight is 246 g/mol. The minimum absolute atomic E-state index is 0.682. The molecule has 1 aromatic rings. The lowest BCUT2D eigenvalue weighted by Crippen LogP contribution is -2.46. The van der Waals surface area contributed by atoms with Crippen molar-refractivity contribution in [2.75, 3.05) is 13.6 Å². The summed E-state index contributed by atoms with van der Waals surface area (Å²) in [6, 6.07) is 10.5. The molecule has 2 unspecified atom stereocenters. The molecule has 2 atom stereocenters. The largest absolute Gasteiger partial charge is 0.317 e. The Morgan fingerprint density at radius 1 is 1.22 bits per heavy atom. The van der Waals surface area contributed by atoms with Crippen molar-refractivity contribution >= 4 is 0 Å². The van der Waals surface area contributed by atoms with Crippen LogP contribution in [0, 0.1) is 0 Å². The molecule has 0 aliphatic carbocycles. The molecule has 1 saturated heterocycles. The maximum atomic E-state index is 3.41. The summed E-state index contributed by atoms with van der Waals surface area (Å²) < 4.78 is 0. The van der Waals surface area contributed by atoms with Crippen molar-refractivity contribution in [2.45, 2.75) is 51.7 Å². The highest BCUT2D eigenvalue weighted by Crippen LogP contribution is 2.19. The first-order valence-electron chi connectivity index (χ1n) is 7.22. The zero-order chi connectivity index (χ0) is 13.0. The summed E-state index contributed by atoms with van der Waals surface area (Å²) >= 11 is 0. The Hall–Kier alpha value is -0.860. The lowest BCUT2D eigenvalue weighted by molar-refractivity contribution is 0.131. The number of rotatable bonds is 4. The van der Waals surface area contributed by atoms with Crippen LogP contribution in [0.25, 0.3) is 0 Å². The van der Waals surface area contributed by atoms with E-state index in [1.165, 1.54) is 30.5 Å². The molecule has 0 spiro atoms. The molecule has 1 N–H and O–H groups in total.